The fourth-order valence-electron chi connectivity index (χ4n) is 1.85. The molecular weight excluding hydrogens is 272 g/mol. The summed E-state index contributed by atoms with van der Waals surface area (Å²) in [6.07, 6.45) is 1.41. The van der Waals surface area contributed by atoms with Crippen LogP contribution in [0.2, 0.25) is 0 Å². The van der Waals surface area contributed by atoms with Crippen molar-refractivity contribution in [1.82, 2.24) is 15.0 Å². The summed E-state index contributed by atoms with van der Waals surface area (Å²) in [5.74, 6) is 0.916. The zero-order chi connectivity index (χ0) is 14.8. The average molecular weight is 282 g/mol. The van der Waals surface area contributed by atoms with Gasteiger partial charge in [-0.1, -0.05) is 18.2 Å². The van der Waals surface area contributed by atoms with Gasteiger partial charge in [0.05, 0.1) is 11.1 Å². The van der Waals surface area contributed by atoms with E-state index >= 15 is 0 Å². The Bertz CT molecular complexity index is 821. The molecule has 0 spiro atoms. The van der Waals surface area contributed by atoms with Gasteiger partial charge in [-0.15, -0.1) is 0 Å². The van der Waals surface area contributed by atoms with Gasteiger partial charge in [0.25, 0.3) is 5.69 Å². The summed E-state index contributed by atoms with van der Waals surface area (Å²) in [4.78, 5) is 22.8. The molecule has 0 N–H and O–H groups in total. The zero-order valence-corrected chi connectivity index (χ0v) is 11.1. The van der Waals surface area contributed by atoms with E-state index < -0.39 is 4.92 Å². The van der Waals surface area contributed by atoms with Crippen molar-refractivity contribution in [2.75, 3.05) is 0 Å². The van der Waals surface area contributed by atoms with Crippen molar-refractivity contribution in [3.8, 4) is 11.6 Å². The van der Waals surface area contributed by atoms with Gasteiger partial charge in [0.15, 0.2) is 5.65 Å². The van der Waals surface area contributed by atoms with Gasteiger partial charge >= 0.3 is 0 Å². The summed E-state index contributed by atoms with van der Waals surface area (Å²) in [7, 11) is 0. The van der Waals surface area contributed by atoms with Crippen LogP contribution >= 0.6 is 0 Å². The summed E-state index contributed by atoms with van der Waals surface area (Å²) < 4.78 is 5.56. The Hall–Kier alpha value is -3.09. The van der Waals surface area contributed by atoms with E-state index in [1.807, 2.05) is 18.2 Å². The minimum Gasteiger partial charge on any atom is -0.437 e. The molecule has 7 nitrogen and oxygen atoms in total. The van der Waals surface area contributed by atoms with Crippen LogP contribution in [0.15, 0.2) is 42.6 Å². The first kappa shape index (κ1) is 12.9. The van der Waals surface area contributed by atoms with Crippen LogP contribution in [-0.4, -0.2) is 19.9 Å². The number of nitro groups is 1. The molecule has 3 rings (SSSR count). The van der Waals surface area contributed by atoms with Crippen molar-refractivity contribution in [2.24, 2.45) is 0 Å². The maximum absolute atomic E-state index is 10.9. The van der Waals surface area contributed by atoms with E-state index in [4.69, 9.17) is 4.74 Å². The number of nitrogens with zero attached hydrogens (tertiary/aromatic N) is 4. The van der Waals surface area contributed by atoms with Crippen LogP contribution in [0.25, 0.3) is 11.2 Å². The molecule has 0 saturated carbocycles. The molecule has 2 aromatic heterocycles. The van der Waals surface area contributed by atoms with E-state index in [1.165, 1.54) is 12.3 Å². The fraction of sp³-hybridized carbons (Fsp3) is 0.0714. The number of pyridine rings is 1. The smallest absolute Gasteiger partial charge is 0.292 e. The van der Waals surface area contributed by atoms with Crippen LogP contribution in [0.4, 0.5) is 5.69 Å². The lowest BCUT2D eigenvalue weighted by Gasteiger charge is -2.05. The molecule has 0 bridgehead atoms. The molecule has 0 saturated heterocycles. The summed E-state index contributed by atoms with van der Waals surface area (Å²) in [5, 5.41) is 10.9. The van der Waals surface area contributed by atoms with Gasteiger partial charge in [-0.05, 0) is 19.1 Å². The second-order valence-electron chi connectivity index (χ2n) is 4.32. The molecule has 0 amide bonds. The molecule has 2 heterocycles. The first-order chi connectivity index (χ1) is 10.1. The van der Waals surface area contributed by atoms with Crippen LogP contribution < -0.4 is 4.74 Å². The van der Waals surface area contributed by atoms with Crippen molar-refractivity contribution >= 4 is 16.9 Å². The minimum atomic E-state index is -0.488. The molecule has 3 aromatic rings. The van der Waals surface area contributed by atoms with Crippen molar-refractivity contribution < 1.29 is 9.66 Å². The number of ether oxygens (including phenoxy) is 1. The number of hydrogen-bond acceptors (Lipinski definition) is 6. The lowest BCUT2D eigenvalue weighted by molar-refractivity contribution is -0.385. The number of aromatic nitrogens is 3. The van der Waals surface area contributed by atoms with E-state index in [0.29, 0.717) is 22.6 Å². The summed E-state index contributed by atoms with van der Waals surface area (Å²) in [6, 6.07) is 10.5. The standard InChI is InChI=1S/C14H10N4O3/c1-9-12(18(19)20)7-11-14(16-9)17-13(8-15-11)21-10-5-3-2-4-6-10/h2-8H,1H3. The predicted molar refractivity (Wildman–Crippen MR) is 75.2 cm³/mol. The van der Waals surface area contributed by atoms with Gasteiger partial charge in [-0.2, -0.15) is 4.98 Å². The first-order valence-electron chi connectivity index (χ1n) is 6.15. The quantitative estimate of drug-likeness (QED) is 0.541. The molecular formula is C14H10N4O3. The Morgan fingerprint density at radius 2 is 1.95 bits per heavy atom. The average Bonchev–Trinajstić information content (AvgIpc) is 2.47. The lowest BCUT2D eigenvalue weighted by atomic mass is 10.3. The number of fused-ring (bicyclic) bond motifs is 1. The van der Waals surface area contributed by atoms with Crippen LogP contribution in [0.1, 0.15) is 5.69 Å². The third-order valence-electron chi connectivity index (χ3n) is 2.84. The Kier molecular flexibility index (Phi) is 3.15. The summed E-state index contributed by atoms with van der Waals surface area (Å²) in [5.41, 5.74) is 0.881. The molecule has 0 aliphatic carbocycles. The van der Waals surface area contributed by atoms with Gasteiger partial charge in [0.1, 0.15) is 17.0 Å². The Morgan fingerprint density at radius 3 is 2.67 bits per heavy atom. The Morgan fingerprint density at radius 1 is 1.19 bits per heavy atom. The maximum Gasteiger partial charge on any atom is 0.292 e. The fourth-order valence-corrected chi connectivity index (χ4v) is 1.85. The summed E-state index contributed by atoms with van der Waals surface area (Å²) in [6.45, 7) is 1.56. The zero-order valence-electron chi connectivity index (χ0n) is 11.1. The highest BCUT2D eigenvalue weighted by Gasteiger charge is 2.15. The highest BCUT2D eigenvalue weighted by atomic mass is 16.6. The Balaban J connectivity index is 2.01. The molecule has 0 aliphatic heterocycles. The number of para-hydroxylation sites is 1. The maximum atomic E-state index is 10.9. The molecule has 0 atom stereocenters. The van der Waals surface area contributed by atoms with Crippen molar-refractivity contribution in [3.63, 3.8) is 0 Å². The van der Waals surface area contributed by atoms with Gasteiger partial charge in [0.2, 0.25) is 5.88 Å². The van der Waals surface area contributed by atoms with Crippen LogP contribution in [-0.2, 0) is 0 Å². The highest BCUT2D eigenvalue weighted by molar-refractivity contribution is 5.73. The number of hydrogen-bond donors (Lipinski definition) is 0. The molecule has 0 aliphatic rings. The van der Waals surface area contributed by atoms with Crippen LogP contribution in [0, 0.1) is 17.0 Å². The molecule has 0 fully saturated rings. The van der Waals surface area contributed by atoms with Crippen molar-refractivity contribution in [1.29, 1.82) is 0 Å². The number of rotatable bonds is 3. The van der Waals surface area contributed by atoms with E-state index in [0.717, 1.165) is 0 Å². The largest absolute Gasteiger partial charge is 0.437 e. The predicted octanol–water partition coefficient (Wildman–Crippen LogP) is 3.03. The van der Waals surface area contributed by atoms with Crippen molar-refractivity contribution in [3.05, 3.63) is 58.4 Å². The van der Waals surface area contributed by atoms with Gasteiger partial charge in [0, 0.05) is 6.07 Å². The third-order valence-corrected chi connectivity index (χ3v) is 2.84. The SMILES string of the molecule is Cc1nc2nc(Oc3ccccc3)cnc2cc1[N+](=O)[O-]. The van der Waals surface area contributed by atoms with Crippen LogP contribution in [0.5, 0.6) is 11.6 Å². The van der Waals surface area contributed by atoms with E-state index in [2.05, 4.69) is 15.0 Å². The summed E-state index contributed by atoms with van der Waals surface area (Å²) >= 11 is 0. The first-order valence-corrected chi connectivity index (χ1v) is 6.15. The Labute approximate surface area is 119 Å². The monoisotopic (exact) mass is 282 g/mol. The third kappa shape index (κ3) is 2.62. The topological polar surface area (TPSA) is 91.0 Å². The second kappa shape index (κ2) is 5.12. The van der Waals surface area contributed by atoms with E-state index in [-0.39, 0.29) is 11.6 Å². The molecule has 0 radical (unpaired) electrons. The lowest BCUT2D eigenvalue weighted by Crippen LogP contribution is -1.98. The normalized spacial score (nSPS) is 10.5. The number of aryl methyl sites for hydroxylation is 1. The van der Waals surface area contributed by atoms with Crippen LogP contribution in [0.3, 0.4) is 0 Å². The van der Waals surface area contributed by atoms with Gasteiger partial charge in [-0.25, -0.2) is 9.97 Å². The van der Waals surface area contributed by atoms with Gasteiger partial charge < -0.3 is 4.74 Å². The molecule has 1 aromatic carbocycles. The van der Waals surface area contributed by atoms with Crippen molar-refractivity contribution in [2.45, 2.75) is 6.92 Å². The molecule has 0 unspecified atom stereocenters. The molecule has 7 heteroatoms. The molecule has 104 valence electrons. The second-order valence-corrected chi connectivity index (χ2v) is 4.32. The van der Waals surface area contributed by atoms with E-state index in [9.17, 15) is 10.1 Å². The molecule has 21 heavy (non-hydrogen) atoms. The minimum absolute atomic E-state index is 0.0754. The number of benzene rings is 1. The van der Waals surface area contributed by atoms with E-state index in [1.54, 1.807) is 19.1 Å². The van der Waals surface area contributed by atoms with Gasteiger partial charge in [-0.3, -0.25) is 10.1 Å². The highest BCUT2D eigenvalue weighted by Crippen LogP contribution is 2.23.